The molecule has 2 rings (SSSR count). The molecule has 3 heteroatoms. The zero-order valence-corrected chi connectivity index (χ0v) is 14.6. The van der Waals surface area contributed by atoms with E-state index in [0.29, 0.717) is 0 Å². The monoisotopic (exact) mass is 350 g/mol. The first-order valence-corrected chi connectivity index (χ1v) is 8.72. The van der Waals surface area contributed by atoms with Crippen LogP contribution in [0.5, 0.6) is 0 Å². The Morgan fingerprint density at radius 1 is 0.667 bits per heavy atom. The van der Waals surface area contributed by atoms with E-state index in [1.807, 2.05) is 64.1 Å². The molecule has 0 saturated carbocycles. The van der Waals surface area contributed by atoms with E-state index in [1.54, 1.807) is 0 Å². The molecule has 0 unspecified atom stereocenters. The molecule has 112 valence electrons. The van der Waals surface area contributed by atoms with Gasteiger partial charge in [0.15, 0.2) is 0 Å². The second kappa shape index (κ2) is 5.94. The van der Waals surface area contributed by atoms with Crippen LogP contribution in [0.15, 0.2) is 48.5 Å². The van der Waals surface area contributed by atoms with Gasteiger partial charge < -0.3 is 0 Å². The predicted molar refractivity (Wildman–Crippen MR) is 88.4 cm³/mol. The molecular weight excluding hydrogens is 327 g/mol. The van der Waals surface area contributed by atoms with Gasteiger partial charge in [-0.25, -0.2) is 0 Å². The van der Waals surface area contributed by atoms with E-state index in [0.717, 1.165) is 20.1 Å². The fourth-order valence-corrected chi connectivity index (χ4v) is 5.15. The number of hydrogen-bond acceptors (Lipinski definition) is 2. The van der Waals surface area contributed by atoms with Crippen molar-refractivity contribution in [3.8, 4) is 0 Å². The normalized spacial score (nSPS) is 12.5. The van der Waals surface area contributed by atoms with E-state index in [4.69, 9.17) is 0 Å². The van der Waals surface area contributed by atoms with E-state index >= 15 is 0 Å². The molecule has 0 aromatic heterocycles. The van der Waals surface area contributed by atoms with Crippen molar-refractivity contribution in [3.63, 3.8) is 0 Å². The summed E-state index contributed by atoms with van der Waals surface area (Å²) in [5, 5.41) is 20.7. The van der Waals surface area contributed by atoms with Crippen molar-refractivity contribution >= 4 is 23.9 Å². The summed E-state index contributed by atoms with van der Waals surface area (Å²) >= 11 is 0.0349. The molecule has 0 bridgehead atoms. The van der Waals surface area contributed by atoms with Gasteiger partial charge in [0.1, 0.15) is 0 Å². The summed E-state index contributed by atoms with van der Waals surface area (Å²) in [6.07, 6.45) is 0. The average Bonchev–Trinajstić information content (AvgIpc) is 2.37. The molecule has 0 aliphatic heterocycles. The van der Waals surface area contributed by atoms with Crippen molar-refractivity contribution in [2.75, 3.05) is 0 Å². The van der Waals surface area contributed by atoms with E-state index in [2.05, 4.69) is 12.1 Å². The van der Waals surface area contributed by atoms with Crippen LogP contribution < -0.4 is 8.92 Å². The van der Waals surface area contributed by atoms with E-state index in [-0.39, 0.29) is 15.0 Å². The van der Waals surface area contributed by atoms with Gasteiger partial charge in [0, 0.05) is 0 Å². The Kier molecular flexibility index (Phi) is 4.60. The first kappa shape index (κ1) is 16.3. The zero-order valence-electron chi connectivity index (χ0n) is 12.9. The number of benzene rings is 2. The van der Waals surface area contributed by atoms with Crippen LogP contribution in [0.3, 0.4) is 0 Å². The molecule has 2 N–H and O–H groups in total. The third-order valence-corrected chi connectivity index (χ3v) is 5.73. The minimum absolute atomic E-state index is 0.0349. The summed E-state index contributed by atoms with van der Waals surface area (Å²) in [6.45, 7) is 7.24. The predicted octanol–water partition coefficient (Wildman–Crippen LogP) is 1.80. The Bertz CT molecular complexity index is 566. The molecule has 0 atom stereocenters. The molecule has 0 aliphatic rings. The molecule has 0 radical (unpaired) electrons. The van der Waals surface area contributed by atoms with E-state index < -0.39 is 11.2 Å². The van der Waals surface area contributed by atoms with Gasteiger partial charge in [-0.1, -0.05) is 0 Å². The van der Waals surface area contributed by atoms with Crippen molar-refractivity contribution in [1.82, 2.24) is 0 Å². The number of aliphatic hydroxyl groups is 2. The maximum absolute atomic E-state index is 10.3. The third kappa shape index (κ3) is 3.95. The molecule has 21 heavy (non-hydrogen) atoms. The third-order valence-electron chi connectivity index (χ3n) is 3.31. The van der Waals surface area contributed by atoms with Crippen LogP contribution in [0.25, 0.3) is 0 Å². The van der Waals surface area contributed by atoms with Gasteiger partial charge in [-0.2, -0.15) is 0 Å². The SMILES string of the molecule is CC(C)(O)c1ccccc1[Se]c1ccccc1C(C)(C)O. The fourth-order valence-electron chi connectivity index (χ4n) is 2.24. The number of hydrogen-bond donors (Lipinski definition) is 2. The molecule has 0 spiro atoms. The Morgan fingerprint density at radius 2 is 1.00 bits per heavy atom. The summed E-state index contributed by atoms with van der Waals surface area (Å²) in [5.74, 6) is 0. The van der Waals surface area contributed by atoms with Gasteiger partial charge in [-0.3, -0.25) is 0 Å². The summed E-state index contributed by atoms with van der Waals surface area (Å²) in [4.78, 5) is 0. The number of rotatable bonds is 4. The Labute approximate surface area is 133 Å². The summed E-state index contributed by atoms with van der Waals surface area (Å²) in [7, 11) is 0. The molecule has 0 saturated heterocycles. The van der Waals surface area contributed by atoms with E-state index in [9.17, 15) is 10.2 Å². The molecule has 0 aliphatic carbocycles. The van der Waals surface area contributed by atoms with Crippen LogP contribution in [-0.4, -0.2) is 25.2 Å². The molecule has 0 heterocycles. The molecule has 0 fully saturated rings. The van der Waals surface area contributed by atoms with Crippen LogP contribution in [0.2, 0.25) is 0 Å². The van der Waals surface area contributed by atoms with Gasteiger partial charge in [-0.15, -0.1) is 0 Å². The standard InChI is InChI=1S/C18H22O2Se/c1-17(2,19)13-9-5-7-11-15(13)21-16-12-8-6-10-14(16)18(3,4)20/h5-12,19-20H,1-4H3. The maximum atomic E-state index is 10.3. The second-order valence-corrected chi connectivity index (χ2v) is 8.49. The molecule has 2 nitrogen and oxygen atoms in total. The quantitative estimate of drug-likeness (QED) is 0.827. The van der Waals surface area contributed by atoms with Gasteiger partial charge in [0.25, 0.3) is 0 Å². The van der Waals surface area contributed by atoms with Gasteiger partial charge in [-0.05, 0) is 0 Å². The Balaban J connectivity index is 2.45. The second-order valence-electron chi connectivity index (χ2n) is 6.21. The van der Waals surface area contributed by atoms with E-state index in [1.165, 1.54) is 0 Å². The first-order chi connectivity index (χ1) is 9.69. The van der Waals surface area contributed by atoms with Crippen molar-refractivity contribution < 1.29 is 10.2 Å². The van der Waals surface area contributed by atoms with Gasteiger partial charge >= 0.3 is 133 Å². The zero-order chi connectivity index (χ0) is 15.7. The first-order valence-electron chi connectivity index (χ1n) is 7.01. The molecule has 2 aromatic rings. The van der Waals surface area contributed by atoms with Crippen LogP contribution in [-0.2, 0) is 11.2 Å². The Morgan fingerprint density at radius 3 is 1.33 bits per heavy atom. The van der Waals surface area contributed by atoms with Crippen molar-refractivity contribution in [3.05, 3.63) is 59.7 Å². The van der Waals surface area contributed by atoms with Gasteiger partial charge in [0.05, 0.1) is 0 Å². The fraction of sp³-hybridized carbons (Fsp3) is 0.333. The van der Waals surface area contributed by atoms with Crippen LogP contribution in [0.1, 0.15) is 38.8 Å². The van der Waals surface area contributed by atoms with Crippen LogP contribution in [0, 0.1) is 0 Å². The van der Waals surface area contributed by atoms with Crippen LogP contribution in [0.4, 0.5) is 0 Å². The molecular formula is C18H22O2Se. The molecule has 2 aromatic carbocycles. The van der Waals surface area contributed by atoms with Crippen LogP contribution >= 0.6 is 0 Å². The summed E-state index contributed by atoms with van der Waals surface area (Å²) in [6, 6.07) is 16.0. The summed E-state index contributed by atoms with van der Waals surface area (Å²) in [5.41, 5.74) is 0.190. The minimum atomic E-state index is -0.859. The Hall–Kier alpha value is -1.12. The van der Waals surface area contributed by atoms with Crippen molar-refractivity contribution in [2.24, 2.45) is 0 Å². The molecule has 0 amide bonds. The van der Waals surface area contributed by atoms with Gasteiger partial charge in [0.2, 0.25) is 0 Å². The summed E-state index contributed by atoms with van der Waals surface area (Å²) < 4.78 is 2.29. The van der Waals surface area contributed by atoms with Crippen molar-refractivity contribution in [2.45, 2.75) is 38.9 Å². The van der Waals surface area contributed by atoms with Crippen molar-refractivity contribution in [1.29, 1.82) is 0 Å². The topological polar surface area (TPSA) is 40.5 Å². The average molecular weight is 349 g/mol.